The zero-order valence-electron chi connectivity index (χ0n) is 11.3. The van der Waals surface area contributed by atoms with E-state index in [0.717, 1.165) is 31.5 Å². The summed E-state index contributed by atoms with van der Waals surface area (Å²) in [5.41, 5.74) is 0.748. The Hall–Kier alpha value is -0.880. The zero-order chi connectivity index (χ0) is 14.3. The molecule has 1 aromatic rings. The predicted octanol–water partition coefficient (Wildman–Crippen LogP) is 2.63. The van der Waals surface area contributed by atoms with Crippen molar-refractivity contribution in [2.45, 2.75) is 29.5 Å². The van der Waals surface area contributed by atoms with Crippen LogP contribution in [0.5, 0.6) is 0 Å². The first kappa shape index (κ1) is 14.1. The third kappa shape index (κ3) is 2.39. The molecule has 0 amide bonds. The van der Waals surface area contributed by atoms with Gasteiger partial charge in [-0.2, -0.15) is 8.42 Å². The molecule has 0 saturated carbocycles. The minimum absolute atomic E-state index is 0.339. The SMILES string of the molecule is CC(Br)C1CCN(C2=NS(=O)(=O)c3ccccc32)CC1. The molecule has 0 N–H and O–H groups in total. The van der Waals surface area contributed by atoms with Crippen LogP contribution in [-0.2, 0) is 10.0 Å². The van der Waals surface area contributed by atoms with Gasteiger partial charge in [0.15, 0.2) is 5.84 Å². The van der Waals surface area contributed by atoms with Crippen molar-refractivity contribution < 1.29 is 8.42 Å². The van der Waals surface area contributed by atoms with Crippen molar-refractivity contribution in [3.8, 4) is 0 Å². The van der Waals surface area contributed by atoms with E-state index in [0.29, 0.717) is 21.5 Å². The van der Waals surface area contributed by atoms with Gasteiger partial charge in [-0.1, -0.05) is 35.0 Å². The normalized spacial score (nSPS) is 23.3. The lowest BCUT2D eigenvalue weighted by Crippen LogP contribution is -2.39. The molecule has 1 unspecified atom stereocenters. The van der Waals surface area contributed by atoms with Crippen LogP contribution in [0.25, 0.3) is 0 Å². The number of likely N-dealkylation sites (tertiary alicyclic amines) is 1. The van der Waals surface area contributed by atoms with Gasteiger partial charge < -0.3 is 4.90 Å². The van der Waals surface area contributed by atoms with E-state index in [-0.39, 0.29) is 0 Å². The number of halogens is 1. The summed E-state index contributed by atoms with van der Waals surface area (Å²) in [4.78, 5) is 2.95. The number of alkyl halides is 1. The molecule has 4 nitrogen and oxygen atoms in total. The zero-order valence-corrected chi connectivity index (χ0v) is 13.7. The molecule has 0 radical (unpaired) electrons. The van der Waals surface area contributed by atoms with E-state index >= 15 is 0 Å². The molecular formula is C14H17BrN2O2S. The Bertz CT molecular complexity index is 647. The predicted molar refractivity (Wildman–Crippen MR) is 82.9 cm³/mol. The molecule has 3 rings (SSSR count). The molecule has 1 saturated heterocycles. The summed E-state index contributed by atoms with van der Waals surface area (Å²) >= 11 is 3.64. The number of hydrogen-bond donors (Lipinski definition) is 0. The Morgan fingerprint density at radius 1 is 1.30 bits per heavy atom. The number of nitrogens with zero attached hydrogens (tertiary/aromatic N) is 2. The molecule has 6 heteroatoms. The van der Waals surface area contributed by atoms with Crippen LogP contribution in [0.1, 0.15) is 25.3 Å². The monoisotopic (exact) mass is 356 g/mol. The van der Waals surface area contributed by atoms with Crippen LogP contribution in [0, 0.1) is 5.92 Å². The number of benzene rings is 1. The highest BCUT2D eigenvalue weighted by Gasteiger charge is 2.33. The quantitative estimate of drug-likeness (QED) is 0.726. The molecule has 0 bridgehead atoms. The summed E-state index contributed by atoms with van der Waals surface area (Å²) < 4.78 is 28.1. The molecule has 20 heavy (non-hydrogen) atoms. The third-order valence-corrected chi connectivity index (χ3v) is 6.17. The number of sulfonamides is 1. The Morgan fingerprint density at radius 3 is 2.60 bits per heavy atom. The van der Waals surface area contributed by atoms with Crippen molar-refractivity contribution in [3.05, 3.63) is 29.8 Å². The first-order chi connectivity index (χ1) is 9.49. The Kier molecular flexibility index (Phi) is 3.62. The fraction of sp³-hybridized carbons (Fsp3) is 0.500. The molecule has 0 aliphatic carbocycles. The van der Waals surface area contributed by atoms with Crippen molar-refractivity contribution in [1.29, 1.82) is 0 Å². The van der Waals surface area contributed by atoms with E-state index in [9.17, 15) is 8.42 Å². The van der Waals surface area contributed by atoms with Gasteiger partial charge >= 0.3 is 0 Å². The largest absolute Gasteiger partial charge is 0.355 e. The van der Waals surface area contributed by atoms with E-state index in [2.05, 4.69) is 32.2 Å². The van der Waals surface area contributed by atoms with Crippen molar-refractivity contribution in [3.63, 3.8) is 0 Å². The standard InChI is InChI=1S/C14H17BrN2O2S/c1-10(15)11-6-8-17(9-7-11)14-12-4-2-3-5-13(12)20(18,19)16-14/h2-5,10-11H,6-9H2,1H3. The van der Waals surface area contributed by atoms with Crippen molar-refractivity contribution in [2.24, 2.45) is 10.3 Å². The summed E-state index contributed by atoms with van der Waals surface area (Å²) in [5.74, 6) is 1.28. The molecule has 1 fully saturated rings. The summed E-state index contributed by atoms with van der Waals surface area (Å²) in [6.45, 7) is 3.90. The van der Waals surface area contributed by atoms with Gasteiger partial charge in [-0.3, -0.25) is 0 Å². The van der Waals surface area contributed by atoms with E-state index in [1.54, 1.807) is 12.1 Å². The number of amidine groups is 1. The molecule has 2 aliphatic rings. The van der Waals surface area contributed by atoms with Crippen molar-refractivity contribution in [1.82, 2.24) is 4.90 Å². The highest BCUT2D eigenvalue weighted by molar-refractivity contribution is 9.09. The second-order valence-electron chi connectivity index (χ2n) is 5.39. The van der Waals surface area contributed by atoms with Gasteiger partial charge in [-0.05, 0) is 30.9 Å². The number of fused-ring (bicyclic) bond motifs is 1. The maximum absolute atomic E-state index is 12.1. The lowest BCUT2D eigenvalue weighted by Gasteiger charge is -2.34. The van der Waals surface area contributed by atoms with E-state index in [4.69, 9.17) is 0 Å². The molecule has 108 valence electrons. The van der Waals surface area contributed by atoms with Crippen LogP contribution in [-0.4, -0.2) is 37.1 Å². The average molecular weight is 357 g/mol. The number of piperidine rings is 1. The van der Waals surface area contributed by atoms with Crippen LogP contribution < -0.4 is 0 Å². The summed E-state index contributed by atoms with van der Waals surface area (Å²) in [6.07, 6.45) is 2.13. The topological polar surface area (TPSA) is 49.7 Å². The Morgan fingerprint density at radius 2 is 1.95 bits per heavy atom. The van der Waals surface area contributed by atoms with Crippen molar-refractivity contribution >= 4 is 31.8 Å². The first-order valence-electron chi connectivity index (χ1n) is 6.82. The molecule has 0 spiro atoms. The fourth-order valence-corrected chi connectivity index (χ4v) is 4.64. The highest BCUT2D eigenvalue weighted by atomic mass is 79.9. The minimum Gasteiger partial charge on any atom is -0.355 e. The van der Waals surface area contributed by atoms with Gasteiger partial charge in [-0.15, -0.1) is 4.40 Å². The van der Waals surface area contributed by atoms with Crippen LogP contribution in [0.15, 0.2) is 33.6 Å². The third-order valence-electron chi connectivity index (χ3n) is 4.10. The van der Waals surface area contributed by atoms with Crippen LogP contribution >= 0.6 is 15.9 Å². The van der Waals surface area contributed by atoms with Crippen LogP contribution in [0.4, 0.5) is 0 Å². The highest BCUT2D eigenvalue weighted by Crippen LogP contribution is 2.31. The number of hydrogen-bond acceptors (Lipinski definition) is 3. The molecule has 1 atom stereocenters. The maximum Gasteiger partial charge on any atom is 0.285 e. The molecule has 0 aromatic heterocycles. The van der Waals surface area contributed by atoms with Gasteiger partial charge in [0.2, 0.25) is 0 Å². The molecule has 1 aromatic carbocycles. The summed E-state index contributed by atoms with van der Waals surface area (Å²) in [7, 11) is -3.50. The van der Waals surface area contributed by atoms with Crippen molar-refractivity contribution in [2.75, 3.05) is 13.1 Å². The second kappa shape index (κ2) is 5.15. The lowest BCUT2D eigenvalue weighted by atomic mass is 9.94. The van der Waals surface area contributed by atoms with E-state index in [1.165, 1.54) is 0 Å². The molecule has 2 aliphatic heterocycles. The molecular weight excluding hydrogens is 340 g/mol. The van der Waals surface area contributed by atoms with Gasteiger partial charge in [0, 0.05) is 23.5 Å². The minimum atomic E-state index is -3.50. The summed E-state index contributed by atoms with van der Waals surface area (Å²) in [5, 5.41) is 0. The smallest absolute Gasteiger partial charge is 0.285 e. The van der Waals surface area contributed by atoms with Gasteiger partial charge in [0.1, 0.15) is 4.90 Å². The Balaban J connectivity index is 1.87. The second-order valence-corrected chi connectivity index (χ2v) is 8.41. The van der Waals surface area contributed by atoms with E-state index in [1.807, 2.05) is 12.1 Å². The summed E-state index contributed by atoms with van der Waals surface area (Å²) in [6, 6.07) is 7.09. The maximum atomic E-state index is 12.1. The van der Waals surface area contributed by atoms with Crippen LogP contribution in [0.2, 0.25) is 0 Å². The Labute approximate surface area is 128 Å². The average Bonchev–Trinajstić information content (AvgIpc) is 2.72. The molecule has 2 heterocycles. The van der Waals surface area contributed by atoms with Gasteiger partial charge in [0.05, 0.1) is 0 Å². The lowest BCUT2D eigenvalue weighted by molar-refractivity contribution is 0.268. The van der Waals surface area contributed by atoms with E-state index < -0.39 is 10.0 Å². The number of rotatable bonds is 1. The van der Waals surface area contributed by atoms with Crippen LogP contribution in [0.3, 0.4) is 0 Å². The first-order valence-corrected chi connectivity index (χ1v) is 9.18. The fourth-order valence-electron chi connectivity index (χ4n) is 2.89. The van der Waals surface area contributed by atoms with Gasteiger partial charge in [0.25, 0.3) is 10.0 Å². The van der Waals surface area contributed by atoms with Gasteiger partial charge in [-0.25, -0.2) is 0 Å².